The highest BCUT2D eigenvalue weighted by atomic mass is 16.5. The molecule has 1 aromatic rings. The summed E-state index contributed by atoms with van der Waals surface area (Å²) in [6, 6.07) is 6.63. The number of carbonyl (C=O) groups excluding carboxylic acids is 2. The van der Waals surface area contributed by atoms with Crippen molar-refractivity contribution in [2.45, 2.75) is 26.7 Å². The summed E-state index contributed by atoms with van der Waals surface area (Å²) in [7, 11) is 0. The van der Waals surface area contributed by atoms with Crippen molar-refractivity contribution in [3.63, 3.8) is 0 Å². The van der Waals surface area contributed by atoms with E-state index in [1.54, 1.807) is 31.2 Å². The lowest BCUT2D eigenvalue weighted by Gasteiger charge is -2.10. The standard InChI is InChI=1S/C15H22N2O3/c1-3-4-9-20-15(19)12-5-7-13(8-6-12)17-14(18)11(2)10-16/h5-8,11H,3-4,9-10,16H2,1-2H3,(H,17,18). The first-order chi connectivity index (χ1) is 9.58. The van der Waals surface area contributed by atoms with E-state index in [1.807, 2.05) is 6.92 Å². The van der Waals surface area contributed by atoms with Gasteiger partial charge in [0, 0.05) is 18.2 Å². The van der Waals surface area contributed by atoms with E-state index in [-0.39, 0.29) is 17.8 Å². The van der Waals surface area contributed by atoms with E-state index < -0.39 is 0 Å². The molecule has 1 aromatic carbocycles. The lowest BCUT2D eigenvalue weighted by atomic mass is 10.1. The van der Waals surface area contributed by atoms with Crippen LogP contribution in [-0.4, -0.2) is 25.0 Å². The van der Waals surface area contributed by atoms with E-state index in [0.717, 1.165) is 12.8 Å². The maximum Gasteiger partial charge on any atom is 0.338 e. The highest BCUT2D eigenvalue weighted by Crippen LogP contribution is 2.12. The van der Waals surface area contributed by atoms with Gasteiger partial charge in [-0.15, -0.1) is 0 Å². The van der Waals surface area contributed by atoms with Gasteiger partial charge in [0.25, 0.3) is 0 Å². The minimum Gasteiger partial charge on any atom is -0.462 e. The third-order valence-corrected chi connectivity index (χ3v) is 2.92. The smallest absolute Gasteiger partial charge is 0.338 e. The van der Waals surface area contributed by atoms with Gasteiger partial charge in [0.1, 0.15) is 0 Å². The number of amides is 1. The quantitative estimate of drug-likeness (QED) is 0.591. The van der Waals surface area contributed by atoms with Crippen LogP contribution >= 0.6 is 0 Å². The van der Waals surface area contributed by atoms with Crippen LogP contribution in [0.5, 0.6) is 0 Å². The third kappa shape index (κ3) is 5.01. The fraction of sp³-hybridized carbons (Fsp3) is 0.467. The van der Waals surface area contributed by atoms with Crippen LogP contribution in [0.1, 0.15) is 37.0 Å². The molecule has 0 aromatic heterocycles. The summed E-state index contributed by atoms with van der Waals surface area (Å²) in [5.74, 6) is -0.717. The van der Waals surface area contributed by atoms with Gasteiger partial charge in [-0.05, 0) is 30.7 Å². The molecule has 0 aliphatic carbocycles. The Balaban J connectivity index is 2.55. The van der Waals surface area contributed by atoms with Crippen LogP contribution in [0.4, 0.5) is 5.69 Å². The van der Waals surface area contributed by atoms with Gasteiger partial charge >= 0.3 is 5.97 Å². The van der Waals surface area contributed by atoms with Crippen molar-refractivity contribution in [1.29, 1.82) is 0 Å². The number of ether oxygens (including phenoxy) is 1. The summed E-state index contributed by atoms with van der Waals surface area (Å²) in [6.07, 6.45) is 1.84. The number of carbonyl (C=O) groups is 2. The van der Waals surface area contributed by atoms with Crippen molar-refractivity contribution in [2.24, 2.45) is 11.7 Å². The van der Waals surface area contributed by atoms with Crippen LogP contribution in [0.2, 0.25) is 0 Å². The van der Waals surface area contributed by atoms with Crippen LogP contribution in [0.15, 0.2) is 24.3 Å². The minimum absolute atomic E-state index is 0.134. The Kier molecular flexibility index (Phi) is 6.73. The monoisotopic (exact) mass is 278 g/mol. The molecule has 0 fully saturated rings. The predicted octanol–water partition coefficient (Wildman–Crippen LogP) is 2.18. The summed E-state index contributed by atoms with van der Waals surface area (Å²) in [5.41, 5.74) is 6.54. The zero-order valence-corrected chi connectivity index (χ0v) is 12.0. The van der Waals surface area contributed by atoms with Gasteiger partial charge in [-0.1, -0.05) is 20.3 Å². The molecule has 0 radical (unpaired) electrons. The first-order valence-corrected chi connectivity index (χ1v) is 6.86. The Morgan fingerprint density at radius 1 is 1.30 bits per heavy atom. The number of benzene rings is 1. The summed E-state index contributed by atoms with van der Waals surface area (Å²) >= 11 is 0. The number of hydrogen-bond acceptors (Lipinski definition) is 4. The predicted molar refractivity (Wildman–Crippen MR) is 78.5 cm³/mol. The Bertz CT molecular complexity index is 443. The largest absolute Gasteiger partial charge is 0.462 e. The molecule has 1 unspecified atom stereocenters. The molecule has 5 nitrogen and oxygen atoms in total. The van der Waals surface area contributed by atoms with Gasteiger partial charge in [-0.3, -0.25) is 4.79 Å². The summed E-state index contributed by atoms with van der Waals surface area (Å²) in [4.78, 5) is 23.3. The molecule has 20 heavy (non-hydrogen) atoms. The molecule has 3 N–H and O–H groups in total. The fourth-order valence-corrected chi connectivity index (χ4v) is 1.45. The van der Waals surface area contributed by atoms with Gasteiger partial charge < -0.3 is 15.8 Å². The topological polar surface area (TPSA) is 81.4 Å². The zero-order valence-electron chi connectivity index (χ0n) is 12.0. The van der Waals surface area contributed by atoms with Crippen molar-refractivity contribution in [3.05, 3.63) is 29.8 Å². The van der Waals surface area contributed by atoms with Gasteiger partial charge in [0.15, 0.2) is 0 Å². The van der Waals surface area contributed by atoms with Crippen LogP contribution < -0.4 is 11.1 Å². The third-order valence-electron chi connectivity index (χ3n) is 2.92. The minimum atomic E-state index is -0.341. The van der Waals surface area contributed by atoms with Gasteiger partial charge in [0.05, 0.1) is 12.2 Å². The molecule has 0 saturated carbocycles. The van der Waals surface area contributed by atoms with Crippen molar-refractivity contribution in [1.82, 2.24) is 0 Å². The molecule has 1 amide bonds. The number of nitrogens with one attached hydrogen (secondary N) is 1. The number of hydrogen-bond donors (Lipinski definition) is 2. The second kappa shape index (κ2) is 8.32. The first kappa shape index (κ1) is 16.2. The maximum absolute atomic E-state index is 11.7. The molecule has 0 aliphatic rings. The molecule has 5 heteroatoms. The Labute approximate surface area is 119 Å². The van der Waals surface area contributed by atoms with Crippen LogP contribution in [0, 0.1) is 5.92 Å². The molecular formula is C15H22N2O3. The summed E-state index contributed by atoms with van der Waals surface area (Å²) in [6.45, 7) is 4.53. The highest BCUT2D eigenvalue weighted by molar-refractivity contribution is 5.94. The lowest BCUT2D eigenvalue weighted by Crippen LogP contribution is -2.26. The van der Waals surface area contributed by atoms with Crippen molar-refractivity contribution < 1.29 is 14.3 Å². The van der Waals surface area contributed by atoms with E-state index in [9.17, 15) is 9.59 Å². The van der Waals surface area contributed by atoms with Gasteiger partial charge in [0.2, 0.25) is 5.91 Å². The summed E-state index contributed by atoms with van der Waals surface area (Å²) < 4.78 is 5.10. The normalized spacial score (nSPS) is 11.8. The lowest BCUT2D eigenvalue weighted by molar-refractivity contribution is -0.119. The van der Waals surface area contributed by atoms with E-state index in [4.69, 9.17) is 10.5 Å². The number of anilines is 1. The van der Waals surface area contributed by atoms with E-state index in [2.05, 4.69) is 5.32 Å². The van der Waals surface area contributed by atoms with Crippen molar-refractivity contribution >= 4 is 17.6 Å². The molecular weight excluding hydrogens is 256 g/mol. The highest BCUT2D eigenvalue weighted by Gasteiger charge is 2.11. The zero-order chi connectivity index (χ0) is 15.0. The number of unbranched alkanes of at least 4 members (excludes halogenated alkanes) is 1. The molecule has 110 valence electrons. The first-order valence-electron chi connectivity index (χ1n) is 6.86. The van der Waals surface area contributed by atoms with Gasteiger partial charge in [-0.25, -0.2) is 4.79 Å². The van der Waals surface area contributed by atoms with Crippen LogP contribution in [0.3, 0.4) is 0 Å². The van der Waals surface area contributed by atoms with Crippen LogP contribution in [-0.2, 0) is 9.53 Å². The Morgan fingerprint density at radius 3 is 2.50 bits per heavy atom. The number of esters is 1. The number of rotatable bonds is 7. The fourth-order valence-electron chi connectivity index (χ4n) is 1.45. The second-order valence-corrected chi connectivity index (χ2v) is 4.69. The molecule has 1 rings (SSSR count). The van der Waals surface area contributed by atoms with E-state index >= 15 is 0 Å². The van der Waals surface area contributed by atoms with E-state index in [1.165, 1.54) is 0 Å². The van der Waals surface area contributed by atoms with Gasteiger partial charge in [-0.2, -0.15) is 0 Å². The van der Waals surface area contributed by atoms with Crippen LogP contribution in [0.25, 0.3) is 0 Å². The average Bonchev–Trinajstić information content (AvgIpc) is 2.47. The molecule has 1 atom stereocenters. The number of nitrogens with two attached hydrogens (primary N) is 1. The second-order valence-electron chi connectivity index (χ2n) is 4.69. The van der Waals surface area contributed by atoms with E-state index in [0.29, 0.717) is 24.4 Å². The maximum atomic E-state index is 11.7. The molecule has 0 spiro atoms. The Hall–Kier alpha value is -1.88. The molecule has 0 bridgehead atoms. The molecule has 0 saturated heterocycles. The van der Waals surface area contributed by atoms with Crippen molar-refractivity contribution in [3.8, 4) is 0 Å². The Morgan fingerprint density at radius 2 is 1.95 bits per heavy atom. The summed E-state index contributed by atoms with van der Waals surface area (Å²) in [5, 5.41) is 2.74. The average molecular weight is 278 g/mol. The van der Waals surface area contributed by atoms with Crippen molar-refractivity contribution in [2.75, 3.05) is 18.5 Å². The molecule has 0 heterocycles. The SMILES string of the molecule is CCCCOC(=O)c1ccc(NC(=O)C(C)CN)cc1. The molecule has 0 aliphatic heterocycles.